The molecule has 0 aromatic rings. The summed E-state index contributed by atoms with van der Waals surface area (Å²) in [4.78, 5) is 0. The van der Waals surface area contributed by atoms with Gasteiger partial charge in [0.1, 0.15) is 6.42 Å². The van der Waals surface area contributed by atoms with Crippen molar-refractivity contribution in [3.8, 4) is 0 Å². The van der Waals surface area contributed by atoms with E-state index in [1.807, 2.05) is 24.3 Å². The molecular weight excluding hydrogens is 334 g/mol. The predicted molar refractivity (Wildman–Crippen MR) is 81.0 cm³/mol. The van der Waals surface area contributed by atoms with E-state index in [4.69, 9.17) is 0 Å². The Kier molecular flexibility index (Phi) is 6.59. The molecule has 1 fully saturated rings. The maximum atomic E-state index is 12.5. The summed E-state index contributed by atoms with van der Waals surface area (Å²) < 4.78 is 62.9. The van der Waals surface area contributed by atoms with Crippen LogP contribution in [-0.4, -0.2) is 22.1 Å². The second kappa shape index (κ2) is 7.76. The number of fused-ring (bicyclic) bond motifs is 2. The maximum absolute atomic E-state index is 12.5. The SMILES string of the molecule is C=CS(=O)(=O)F.O=S(=O)(F)C1CC2C=CC1C2.[C+]1=CC=CC1. The van der Waals surface area contributed by atoms with Crippen molar-refractivity contribution >= 4 is 20.4 Å². The Morgan fingerprint density at radius 1 is 1.14 bits per heavy atom. The number of allylic oxidation sites excluding steroid dienone is 6. The number of hydrogen-bond donors (Lipinski definition) is 0. The summed E-state index contributed by atoms with van der Waals surface area (Å²) in [5.41, 5.74) is 0. The van der Waals surface area contributed by atoms with Gasteiger partial charge in [0, 0.05) is 6.08 Å². The second-order valence-corrected chi connectivity index (χ2v) is 7.78. The third-order valence-electron chi connectivity index (χ3n) is 3.36. The molecule has 8 heteroatoms. The van der Waals surface area contributed by atoms with E-state index in [1.54, 1.807) is 0 Å². The molecule has 2 bridgehead atoms. The summed E-state index contributed by atoms with van der Waals surface area (Å²) in [7, 11) is -8.68. The van der Waals surface area contributed by atoms with Crippen LogP contribution in [0.1, 0.15) is 19.3 Å². The minimum atomic E-state index is -4.40. The molecule has 0 amide bonds. The fourth-order valence-electron chi connectivity index (χ4n) is 2.39. The summed E-state index contributed by atoms with van der Waals surface area (Å²) in [6, 6.07) is 0. The Labute approximate surface area is 130 Å². The fraction of sp³-hybridized carbons (Fsp3) is 0.429. The van der Waals surface area contributed by atoms with Gasteiger partial charge in [-0.2, -0.15) is 16.8 Å². The van der Waals surface area contributed by atoms with Crippen molar-refractivity contribution in [3.05, 3.63) is 48.4 Å². The summed E-state index contributed by atoms with van der Waals surface area (Å²) >= 11 is 0. The van der Waals surface area contributed by atoms with Crippen LogP contribution in [0.25, 0.3) is 0 Å². The van der Waals surface area contributed by atoms with Gasteiger partial charge in [-0.25, -0.2) is 0 Å². The summed E-state index contributed by atoms with van der Waals surface area (Å²) in [6.07, 6.45) is 15.1. The first kappa shape index (κ1) is 18.7. The monoisotopic (exact) mass is 351 g/mol. The molecule has 22 heavy (non-hydrogen) atoms. The van der Waals surface area contributed by atoms with Crippen molar-refractivity contribution in [2.75, 3.05) is 0 Å². The van der Waals surface area contributed by atoms with Crippen molar-refractivity contribution in [2.24, 2.45) is 11.8 Å². The van der Waals surface area contributed by atoms with Crippen molar-refractivity contribution in [3.63, 3.8) is 0 Å². The van der Waals surface area contributed by atoms with Gasteiger partial charge in [0.2, 0.25) is 0 Å². The molecule has 4 nitrogen and oxygen atoms in total. The van der Waals surface area contributed by atoms with Crippen LogP contribution in [-0.2, 0) is 20.4 Å². The average molecular weight is 351 g/mol. The zero-order valence-electron chi connectivity index (χ0n) is 11.7. The molecule has 0 aromatic carbocycles. The summed E-state index contributed by atoms with van der Waals surface area (Å²) in [5.74, 6) is 0.269. The minimum absolute atomic E-state index is 0.0463. The van der Waals surface area contributed by atoms with Crippen LogP contribution >= 0.6 is 0 Å². The van der Waals surface area contributed by atoms with Gasteiger partial charge >= 0.3 is 20.4 Å². The first-order chi connectivity index (χ1) is 10.1. The number of rotatable bonds is 2. The molecule has 0 heterocycles. The number of halogens is 2. The lowest BCUT2D eigenvalue weighted by Crippen LogP contribution is -2.21. The third kappa shape index (κ3) is 6.60. The van der Waals surface area contributed by atoms with E-state index >= 15 is 0 Å². The largest absolute Gasteiger partial charge is 0.324 e. The topological polar surface area (TPSA) is 68.3 Å². The Morgan fingerprint density at radius 2 is 1.77 bits per heavy atom. The molecule has 0 N–H and O–H groups in total. The highest BCUT2D eigenvalue weighted by molar-refractivity contribution is 7.89. The number of hydrogen-bond acceptors (Lipinski definition) is 4. The van der Waals surface area contributed by atoms with Gasteiger partial charge in [-0.1, -0.05) is 18.7 Å². The molecule has 0 aromatic heterocycles. The van der Waals surface area contributed by atoms with Crippen molar-refractivity contribution in [1.29, 1.82) is 0 Å². The Bertz CT molecular complexity index is 654. The Morgan fingerprint density at radius 3 is 1.95 bits per heavy atom. The van der Waals surface area contributed by atoms with Crippen LogP contribution in [0.15, 0.2) is 42.4 Å². The van der Waals surface area contributed by atoms with Gasteiger partial charge in [0.25, 0.3) is 0 Å². The summed E-state index contributed by atoms with van der Waals surface area (Å²) in [5, 5.41) is -0.495. The van der Waals surface area contributed by atoms with Gasteiger partial charge in [0.05, 0.1) is 22.8 Å². The quantitative estimate of drug-likeness (QED) is 0.436. The molecule has 0 aliphatic heterocycles. The first-order valence-corrected chi connectivity index (χ1v) is 9.43. The van der Waals surface area contributed by atoms with Gasteiger partial charge in [-0.3, -0.25) is 0 Å². The lowest BCUT2D eigenvalue weighted by Gasteiger charge is -2.11. The maximum Gasteiger partial charge on any atom is 0.324 e. The van der Waals surface area contributed by atoms with Crippen LogP contribution in [0.2, 0.25) is 0 Å². The van der Waals surface area contributed by atoms with Crippen LogP contribution in [0.5, 0.6) is 0 Å². The molecule has 3 rings (SSSR count). The van der Waals surface area contributed by atoms with Gasteiger partial charge in [-0.05, 0) is 24.7 Å². The Balaban J connectivity index is 0.000000187. The average Bonchev–Trinajstić information content (AvgIpc) is 3.16. The van der Waals surface area contributed by atoms with Gasteiger partial charge in [-0.15, -0.1) is 7.77 Å². The lowest BCUT2D eigenvalue weighted by molar-refractivity contribution is 0.517. The van der Waals surface area contributed by atoms with Crippen molar-refractivity contribution < 1.29 is 24.6 Å². The zero-order chi connectivity index (χ0) is 16.8. The highest BCUT2D eigenvalue weighted by Gasteiger charge is 2.43. The van der Waals surface area contributed by atoms with Crippen molar-refractivity contribution in [1.82, 2.24) is 0 Å². The third-order valence-corrected chi connectivity index (χ3v) is 5.03. The van der Waals surface area contributed by atoms with E-state index in [2.05, 4.69) is 18.7 Å². The molecule has 3 aliphatic rings. The minimum Gasteiger partial charge on any atom is -0.195 e. The van der Waals surface area contributed by atoms with Crippen LogP contribution in [0.3, 0.4) is 0 Å². The highest BCUT2D eigenvalue weighted by Crippen LogP contribution is 2.42. The fourth-order valence-corrected chi connectivity index (χ4v) is 3.49. The zero-order valence-corrected chi connectivity index (χ0v) is 13.4. The smallest absolute Gasteiger partial charge is 0.195 e. The standard InChI is InChI=1S/C7H9FO2S.C5H5.C2H3FO2S/c8-11(9,10)7-4-5-1-2-6(7)3-5;1-2-4-5-3-1;1-2-6(3,4)5/h1-2,5-7H,3-4H2;1-3H,4H2;2H,1H2/q;+1;. The molecule has 3 unspecified atom stereocenters. The normalized spacial score (nSPS) is 27.5. The van der Waals surface area contributed by atoms with Gasteiger partial charge in [0.15, 0.2) is 6.08 Å². The van der Waals surface area contributed by atoms with E-state index in [-0.39, 0.29) is 11.3 Å². The molecule has 3 aliphatic carbocycles. The molecule has 0 radical (unpaired) electrons. The van der Waals surface area contributed by atoms with Crippen LogP contribution in [0.4, 0.5) is 7.77 Å². The van der Waals surface area contributed by atoms with E-state index in [9.17, 15) is 24.6 Å². The lowest BCUT2D eigenvalue weighted by atomic mass is 10.1. The van der Waals surface area contributed by atoms with Gasteiger partial charge < -0.3 is 0 Å². The van der Waals surface area contributed by atoms with Crippen LogP contribution in [0, 0.1) is 17.9 Å². The molecular formula is C14H17F2O4S2+. The predicted octanol–water partition coefficient (Wildman–Crippen LogP) is 2.99. The highest BCUT2D eigenvalue weighted by atomic mass is 32.3. The van der Waals surface area contributed by atoms with E-state index < -0.39 is 25.7 Å². The molecule has 0 spiro atoms. The Hall–Kier alpha value is -1.37. The molecule has 0 saturated heterocycles. The molecule has 1 saturated carbocycles. The molecule has 122 valence electrons. The van der Waals surface area contributed by atoms with E-state index in [0.29, 0.717) is 12.3 Å². The van der Waals surface area contributed by atoms with E-state index in [1.165, 1.54) is 0 Å². The van der Waals surface area contributed by atoms with Crippen molar-refractivity contribution in [2.45, 2.75) is 24.5 Å². The van der Waals surface area contributed by atoms with Crippen LogP contribution < -0.4 is 0 Å². The summed E-state index contributed by atoms with van der Waals surface area (Å²) in [6.45, 7) is 2.67. The molecule has 3 atom stereocenters. The second-order valence-electron chi connectivity index (χ2n) is 4.94. The first-order valence-electron chi connectivity index (χ1n) is 6.54. The van der Waals surface area contributed by atoms with E-state index in [0.717, 1.165) is 12.8 Å².